The Hall–Kier alpha value is -3.50. The van der Waals surface area contributed by atoms with E-state index in [1.54, 1.807) is 54.6 Å². The SMILES string of the molecule is O=C(/C=C/c1ccccc1)c1ccc(C(=O)c2ccc(OCCO)cc2)cc1. The highest BCUT2D eigenvalue weighted by molar-refractivity contribution is 6.10. The summed E-state index contributed by atoms with van der Waals surface area (Å²) in [5.41, 5.74) is 2.51. The Balaban J connectivity index is 1.67. The molecule has 0 aromatic heterocycles. The Morgan fingerprint density at radius 2 is 1.36 bits per heavy atom. The van der Waals surface area contributed by atoms with Crippen LogP contribution in [0.15, 0.2) is 84.9 Å². The second-order valence-electron chi connectivity index (χ2n) is 6.11. The molecule has 0 aliphatic rings. The maximum atomic E-state index is 12.6. The Morgan fingerprint density at radius 3 is 1.96 bits per heavy atom. The van der Waals surface area contributed by atoms with Gasteiger partial charge in [-0.15, -0.1) is 0 Å². The average molecular weight is 372 g/mol. The summed E-state index contributed by atoms with van der Waals surface area (Å²) in [5, 5.41) is 8.76. The van der Waals surface area contributed by atoms with Gasteiger partial charge in [-0.25, -0.2) is 0 Å². The first-order valence-electron chi connectivity index (χ1n) is 8.93. The summed E-state index contributed by atoms with van der Waals surface area (Å²) in [5.74, 6) is 0.345. The maximum absolute atomic E-state index is 12.6. The molecule has 0 fully saturated rings. The van der Waals surface area contributed by atoms with Crippen LogP contribution in [0.2, 0.25) is 0 Å². The number of carbonyl (C=O) groups excluding carboxylic acids is 2. The van der Waals surface area contributed by atoms with Crippen molar-refractivity contribution in [1.82, 2.24) is 0 Å². The van der Waals surface area contributed by atoms with E-state index < -0.39 is 0 Å². The van der Waals surface area contributed by atoms with Crippen LogP contribution in [0.25, 0.3) is 6.08 Å². The van der Waals surface area contributed by atoms with Crippen LogP contribution < -0.4 is 4.74 Å². The third kappa shape index (κ3) is 5.02. The van der Waals surface area contributed by atoms with Crippen molar-refractivity contribution in [3.05, 3.63) is 107 Å². The molecule has 3 aromatic rings. The third-order valence-electron chi connectivity index (χ3n) is 4.13. The fraction of sp³-hybridized carbons (Fsp3) is 0.0833. The lowest BCUT2D eigenvalue weighted by molar-refractivity contribution is 0.103. The van der Waals surface area contributed by atoms with Gasteiger partial charge in [0.2, 0.25) is 0 Å². The van der Waals surface area contributed by atoms with E-state index in [2.05, 4.69) is 0 Å². The van der Waals surface area contributed by atoms with Gasteiger partial charge in [0.05, 0.1) is 6.61 Å². The zero-order chi connectivity index (χ0) is 19.8. The van der Waals surface area contributed by atoms with E-state index in [0.717, 1.165) is 5.56 Å². The summed E-state index contributed by atoms with van der Waals surface area (Å²) in [4.78, 5) is 24.9. The van der Waals surface area contributed by atoms with Crippen molar-refractivity contribution in [2.45, 2.75) is 0 Å². The number of carbonyl (C=O) groups is 2. The fourth-order valence-corrected chi connectivity index (χ4v) is 2.65. The molecule has 0 spiro atoms. The van der Waals surface area contributed by atoms with Gasteiger partial charge in [-0.3, -0.25) is 9.59 Å². The summed E-state index contributed by atoms with van der Waals surface area (Å²) in [7, 11) is 0. The smallest absolute Gasteiger partial charge is 0.193 e. The largest absolute Gasteiger partial charge is 0.491 e. The Morgan fingerprint density at radius 1 is 0.786 bits per heavy atom. The molecule has 0 unspecified atom stereocenters. The lowest BCUT2D eigenvalue weighted by atomic mass is 10.0. The van der Waals surface area contributed by atoms with Crippen molar-refractivity contribution in [1.29, 1.82) is 0 Å². The molecule has 0 aliphatic heterocycles. The van der Waals surface area contributed by atoms with Gasteiger partial charge in [-0.05, 0) is 35.9 Å². The number of allylic oxidation sites excluding steroid dienone is 1. The molecule has 0 heterocycles. The highest BCUT2D eigenvalue weighted by Gasteiger charge is 2.10. The van der Waals surface area contributed by atoms with Gasteiger partial charge in [0, 0.05) is 16.7 Å². The van der Waals surface area contributed by atoms with Crippen LogP contribution in [0.3, 0.4) is 0 Å². The van der Waals surface area contributed by atoms with Crippen molar-refractivity contribution >= 4 is 17.6 Å². The van der Waals surface area contributed by atoms with Gasteiger partial charge in [0.25, 0.3) is 0 Å². The molecule has 0 saturated carbocycles. The molecular formula is C24H20O4. The quantitative estimate of drug-likeness (QED) is 0.476. The highest BCUT2D eigenvalue weighted by atomic mass is 16.5. The molecule has 3 rings (SSSR count). The van der Waals surface area contributed by atoms with Crippen LogP contribution in [-0.2, 0) is 0 Å². The molecule has 0 atom stereocenters. The molecule has 140 valence electrons. The summed E-state index contributed by atoms with van der Waals surface area (Å²) in [6.07, 6.45) is 3.29. The number of benzene rings is 3. The fourth-order valence-electron chi connectivity index (χ4n) is 2.65. The second-order valence-corrected chi connectivity index (χ2v) is 6.11. The van der Waals surface area contributed by atoms with Gasteiger partial charge in [-0.2, -0.15) is 0 Å². The summed E-state index contributed by atoms with van der Waals surface area (Å²) < 4.78 is 5.29. The van der Waals surface area contributed by atoms with Crippen molar-refractivity contribution < 1.29 is 19.4 Å². The van der Waals surface area contributed by atoms with Crippen LogP contribution in [0, 0.1) is 0 Å². The van der Waals surface area contributed by atoms with E-state index >= 15 is 0 Å². The van der Waals surface area contributed by atoms with Crippen molar-refractivity contribution in [2.24, 2.45) is 0 Å². The molecule has 0 radical (unpaired) electrons. The van der Waals surface area contributed by atoms with E-state index in [4.69, 9.17) is 9.84 Å². The molecule has 28 heavy (non-hydrogen) atoms. The van der Waals surface area contributed by atoms with Crippen molar-refractivity contribution in [3.63, 3.8) is 0 Å². The zero-order valence-electron chi connectivity index (χ0n) is 15.2. The summed E-state index contributed by atoms with van der Waals surface area (Å²) >= 11 is 0. The first-order valence-corrected chi connectivity index (χ1v) is 8.93. The van der Waals surface area contributed by atoms with Crippen LogP contribution in [0.4, 0.5) is 0 Å². The van der Waals surface area contributed by atoms with Crippen LogP contribution in [0.1, 0.15) is 31.8 Å². The number of aliphatic hydroxyl groups is 1. The lowest BCUT2D eigenvalue weighted by Gasteiger charge is -2.06. The zero-order valence-corrected chi connectivity index (χ0v) is 15.2. The van der Waals surface area contributed by atoms with E-state index in [1.165, 1.54) is 6.08 Å². The molecule has 1 N–H and O–H groups in total. The maximum Gasteiger partial charge on any atom is 0.193 e. The first-order chi connectivity index (χ1) is 13.7. The minimum atomic E-state index is -0.132. The number of hydrogen-bond acceptors (Lipinski definition) is 4. The van der Waals surface area contributed by atoms with Gasteiger partial charge >= 0.3 is 0 Å². The molecular weight excluding hydrogens is 352 g/mol. The Labute approximate surface area is 163 Å². The molecule has 3 aromatic carbocycles. The first kappa shape index (κ1) is 19.3. The van der Waals surface area contributed by atoms with Gasteiger partial charge < -0.3 is 9.84 Å². The summed E-state index contributed by atoms with van der Waals surface area (Å²) in [6, 6.07) is 22.9. The van der Waals surface area contributed by atoms with Gasteiger partial charge in [-0.1, -0.05) is 60.7 Å². The molecule has 0 saturated heterocycles. The Bertz CT molecular complexity index is 956. The number of ether oxygens (including phenoxy) is 1. The van der Waals surface area contributed by atoms with E-state index in [0.29, 0.717) is 22.4 Å². The molecule has 0 bridgehead atoms. The number of aliphatic hydroxyl groups excluding tert-OH is 1. The molecule has 4 heteroatoms. The number of rotatable bonds is 8. The predicted molar refractivity (Wildman–Crippen MR) is 109 cm³/mol. The number of ketones is 2. The monoisotopic (exact) mass is 372 g/mol. The van der Waals surface area contributed by atoms with E-state index in [-0.39, 0.29) is 24.8 Å². The third-order valence-corrected chi connectivity index (χ3v) is 4.13. The minimum absolute atomic E-state index is 0.0632. The van der Waals surface area contributed by atoms with Crippen molar-refractivity contribution in [3.8, 4) is 5.75 Å². The van der Waals surface area contributed by atoms with Crippen molar-refractivity contribution in [2.75, 3.05) is 13.2 Å². The van der Waals surface area contributed by atoms with E-state index in [9.17, 15) is 9.59 Å². The van der Waals surface area contributed by atoms with Gasteiger partial charge in [0.15, 0.2) is 11.6 Å². The average Bonchev–Trinajstić information content (AvgIpc) is 2.76. The normalized spacial score (nSPS) is 10.8. The topological polar surface area (TPSA) is 63.6 Å². The minimum Gasteiger partial charge on any atom is -0.491 e. The highest BCUT2D eigenvalue weighted by Crippen LogP contribution is 2.16. The van der Waals surface area contributed by atoms with Crippen LogP contribution in [0.5, 0.6) is 5.75 Å². The number of hydrogen-bond donors (Lipinski definition) is 1. The molecule has 0 amide bonds. The van der Waals surface area contributed by atoms with Crippen LogP contribution in [-0.4, -0.2) is 29.9 Å². The predicted octanol–water partition coefficient (Wildman–Crippen LogP) is 4.18. The lowest BCUT2D eigenvalue weighted by Crippen LogP contribution is -2.04. The van der Waals surface area contributed by atoms with Gasteiger partial charge in [0.1, 0.15) is 12.4 Å². The second kappa shape index (κ2) is 9.44. The Kier molecular flexibility index (Phi) is 6.50. The molecule has 0 aliphatic carbocycles. The standard InChI is InChI=1S/C24H20O4/c25-16-17-28-22-13-11-21(12-14-22)24(27)20-9-7-19(8-10-20)23(26)15-6-18-4-2-1-3-5-18/h1-15,25H,16-17H2/b15-6+. The van der Waals surface area contributed by atoms with E-state index in [1.807, 2.05) is 30.3 Å². The van der Waals surface area contributed by atoms with Crippen LogP contribution >= 0.6 is 0 Å². The molecule has 4 nitrogen and oxygen atoms in total. The summed E-state index contributed by atoms with van der Waals surface area (Å²) in [6.45, 7) is 0.147.